The van der Waals surface area contributed by atoms with E-state index >= 15 is 0 Å². The van der Waals surface area contributed by atoms with Crippen molar-refractivity contribution in [2.75, 3.05) is 17.6 Å². The second-order valence-electron chi connectivity index (χ2n) is 4.19. The van der Waals surface area contributed by atoms with Crippen LogP contribution in [0.25, 0.3) is 10.2 Å². The molecule has 3 heterocycles. The monoisotopic (exact) mass is 308 g/mol. The predicted octanol–water partition coefficient (Wildman–Crippen LogP) is 2.32. The van der Waals surface area contributed by atoms with Gasteiger partial charge in [-0.25, -0.2) is 9.97 Å². The van der Waals surface area contributed by atoms with Crippen molar-refractivity contribution in [2.24, 2.45) is 0 Å². The van der Waals surface area contributed by atoms with Crippen LogP contribution in [0, 0.1) is 0 Å². The number of nitrogens with one attached hydrogen (secondary N) is 1. The first-order valence-electron chi connectivity index (χ1n) is 6.14. The van der Waals surface area contributed by atoms with Gasteiger partial charge in [0.25, 0.3) is 5.24 Å². The zero-order chi connectivity index (χ0) is 14.1. The highest BCUT2D eigenvalue weighted by Crippen LogP contribution is 2.26. The molecular weight excluding hydrogens is 296 g/mol. The van der Waals surface area contributed by atoms with Crippen LogP contribution in [0.4, 0.5) is 10.6 Å². The fourth-order valence-corrected chi connectivity index (χ4v) is 3.46. The number of thioether (sulfide) groups is 1. The second-order valence-corrected chi connectivity index (χ2v) is 6.01. The molecule has 0 saturated carbocycles. The Morgan fingerprint density at radius 2 is 2.25 bits per heavy atom. The largest absolute Gasteiger partial charge is 0.370 e. The van der Waals surface area contributed by atoms with Gasteiger partial charge in [0.05, 0.1) is 17.7 Å². The van der Waals surface area contributed by atoms with Gasteiger partial charge in [-0.05, 0) is 18.4 Å². The molecule has 3 rings (SSSR count). The van der Waals surface area contributed by atoms with E-state index in [1.807, 2.05) is 18.4 Å². The Balaban J connectivity index is 1.95. The van der Waals surface area contributed by atoms with Crippen LogP contribution in [0.1, 0.15) is 12.7 Å². The van der Waals surface area contributed by atoms with Crippen LogP contribution in [-0.2, 0) is 11.3 Å². The lowest BCUT2D eigenvalue weighted by molar-refractivity contribution is -0.125. The van der Waals surface area contributed by atoms with Crippen LogP contribution < -0.4 is 5.32 Å². The number of hydrogen-bond acceptors (Lipinski definition) is 7. The zero-order valence-corrected chi connectivity index (χ0v) is 12.4. The van der Waals surface area contributed by atoms with Gasteiger partial charge in [0.2, 0.25) is 5.91 Å². The standard InChI is InChI=1S/C12H12N4O2S2/c1-2-13-10-7-3-4-19-11(7)15-8(14-10)5-16-9(17)6-20-12(16)18/h3-4H,2,5-6H2,1H3,(H,13,14,15). The van der Waals surface area contributed by atoms with Gasteiger partial charge in [0.1, 0.15) is 10.6 Å². The molecule has 8 heteroatoms. The molecule has 0 spiro atoms. The quantitative estimate of drug-likeness (QED) is 0.934. The van der Waals surface area contributed by atoms with E-state index < -0.39 is 0 Å². The molecule has 20 heavy (non-hydrogen) atoms. The first-order valence-corrected chi connectivity index (χ1v) is 8.00. The van der Waals surface area contributed by atoms with E-state index in [9.17, 15) is 9.59 Å². The number of imide groups is 1. The number of fused-ring (bicyclic) bond motifs is 1. The molecule has 2 aromatic heterocycles. The summed E-state index contributed by atoms with van der Waals surface area (Å²) < 4.78 is 0. The molecule has 0 radical (unpaired) electrons. The molecular formula is C12H12N4O2S2. The van der Waals surface area contributed by atoms with Gasteiger partial charge in [-0.2, -0.15) is 0 Å². The third-order valence-electron chi connectivity index (χ3n) is 2.86. The lowest BCUT2D eigenvalue weighted by Gasteiger charge is -2.12. The molecule has 1 aliphatic heterocycles. The van der Waals surface area contributed by atoms with Crippen molar-refractivity contribution in [3.8, 4) is 0 Å². The smallest absolute Gasteiger partial charge is 0.289 e. The van der Waals surface area contributed by atoms with Gasteiger partial charge in [-0.3, -0.25) is 14.5 Å². The Hall–Kier alpha value is -1.67. The highest BCUT2D eigenvalue weighted by Gasteiger charge is 2.30. The zero-order valence-electron chi connectivity index (χ0n) is 10.8. The second kappa shape index (κ2) is 5.37. The third-order valence-corrected chi connectivity index (χ3v) is 4.52. The van der Waals surface area contributed by atoms with E-state index in [-0.39, 0.29) is 23.4 Å². The third kappa shape index (κ3) is 2.36. The number of amides is 2. The summed E-state index contributed by atoms with van der Waals surface area (Å²) in [7, 11) is 0. The maximum atomic E-state index is 11.6. The van der Waals surface area contributed by atoms with Crippen molar-refractivity contribution in [2.45, 2.75) is 13.5 Å². The molecule has 0 atom stereocenters. The number of carbonyl (C=O) groups is 2. The minimum absolute atomic E-state index is 0.136. The Morgan fingerprint density at radius 1 is 1.40 bits per heavy atom. The van der Waals surface area contributed by atoms with Crippen LogP contribution in [0.3, 0.4) is 0 Å². The fraction of sp³-hybridized carbons (Fsp3) is 0.333. The molecule has 1 fully saturated rings. The Morgan fingerprint density at radius 3 is 2.95 bits per heavy atom. The van der Waals surface area contributed by atoms with Gasteiger partial charge in [0.15, 0.2) is 5.82 Å². The van der Waals surface area contributed by atoms with Gasteiger partial charge < -0.3 is 5.32 Å². The summed E-state index contributed by atoms with van der Waals surface area (Å²) in [6, 6.07) is 1.96. The number of thiophene rings is 1. The van der Waals surface area contributed by atoms with Crippen molar-refractivity contribution in [1.82, 2.24) is 14.9 Å². The van der Waals surface area contributed by atoms with Gasteiger partial charge >= 0.3 is 0 Å². The molecule has 6 nitrogen and oxygen atoms in total. The summed E-state index contributed by atoms with van der Waals surface area (Å²) in [5.74, 6) is 1.26. The van der Waals surface area contributed by atoms with Crippen LogP contribution >= 0.6 is 23.1 Å². The van der Waals surface area contributed by atoms with Crippen molar-refractivity contribution >= 4 is 50.3 Å². The molecule has 1 saturated heterocycles. The fourth-order valence-electron chi connectivity index (χ4n) is 1.95. The average Bonchev–Trinajstić information content (AvgIpc) is 3.01. The van der Waals surface area contributed by atoms with Crippen molar-refractivity contribution in [3.05, 3.63) is 17.3 Å². The highest BCUT2D eigenvalue weighted by molar-refractivity contribution is 8.14. The molecule has 104 valence electrons. The van der Waals surface area contributed by atoms with E-state index in [1.54, 1.807) is 0 Å². The number of nitrogens with zero attached hydrogens (tertiary/aromatic N) is 3. The normalized spacial score (nSPS) is 15.3. The average molecular weight is 308 g/mol. The molecule has 2 aromatic rings. The molecule has 0 aliphatic carbocycles. The molecule has 0 unspecified atom stereocenters. The number of anilines is 1. The molecule has 2 amide bonds. The van der Waals surface area contributed by atoms with Crippen LogP contribution in [0.5, 0.6) is 0 Å². The Labute approximate surface area is 123 Å². The molecule has 0 aromatic carbocycles. The SMILES string of the molecule is CCNc1nc(CN2C(=O)CSC2=O)nc2sccc12. The lowest BCUT2D eigenvalue weighted by Crippen LogP contribution is -2.29. The summed E-state index contributed by atoms with van der Waals surface area (Å²) >= 11 is 2.54. The van der Waals surface area contributed by atoms with Crippen molar-refractivity contribution in [3.63, 3.8) is 0 Å². The Bertz CT molecular complexity index is 669. The van der Waals surface area contributed by atoms with Crippen LogP contribution in [-0.4, -0.2) is 38.3 Å². The number of rotatable bonds is 4. The summed E-state index contributed by atoms with van der Waals surface area (Å²) in [5, 5.41) is 5.88. The minimum atomic E-state index is -0.227. The lowest BCUT2D eigenvalue weighted by atomic mass is 10.3. The summed E-state index contributed by atoms with van der Waals surface area (Å²) in [6.45, 7) is 2.87. The predicted molar refractivity (Wildman–Crippen MR) is 80.0 cm³/mol. The first-order chi connectivity index (χ1) is 9.69. The van der Waals surface area contributed by atoms with Crippen LogP contribution in [0.15, 0.2) is 11.4 Å². The number of aromatic nitrogens is 2. The Kier molecular flexibility index (Phi) is 3.58. The van der Waals surface area contributed by atoms with Gasteiger partial charge in [-0.15, -0.1) is 11.3 Å². The van der Waals surface area contributed by atoms with Gasteiger partial charge in [0, 0.05) is 6.54 Å². The van der Waals surface area contributed by atoms with Gasteiger partial charge in [-0.1, -0.05) is 11.8 Å². The van der Waals surface area contributed by atoms with E-state index in [0.29, 0.717) is 5.82 Å². The van der Waals surface area contributed by atoms with Crippen LogP contribution in [0.2, 0.25) is 0 Å². The topological polar surface area (TPSA) is 75.2 Å². The van der Waals surface area contributed by atoms with E-state index in [4.69, 9.17) is 0 Å². The van der Waals surface area contributed by atoms with Crippen molar-refractivity contribution in [1.29, 1.82) is 0 Å². The van der Waals surface area contributed by atoms with E-state index in [1.165, 1.54) is 16.2 Å². The van der Waals surface area contributed by atoms with Crippen molar-refractivity contribution < 1.29 is 9.59 Å². The van der Waals surface area contributed by atoms with E-state index in [2.05, 4.69) is 15.3 Å². The molecule has 0 bridgehead atoms. The number of carbonyl (C=O) groups excluding carboxylic acids is 2. The summed E-state index contributed by atoms with van der Waals surface area (Å²) in [4.78, 5) is 34.2. The maximum Gasteiger partial charge on any atom is 0.289 e. The molecule has 1 N–H and O–H groups in total. The summed E-state index contributed by atoms with van der Waals surface area (Å²) in [5.41, 5.74) is 0. The minimum Gasteiger partial charge on any atom is -0.370 e. The first kappa shape index (κ1) is 13.3. The maximum absolute atomic E-state index is 11.6. The van der Waals surface area contributed by atoms with E-state index in [0.717, 1.165) is 34.3 Å². The summed E-state index contributed by atoms with van der Waals surface area (Å²) in [6.07, 6.45) is 0. The highest BCUT2D eigenvalue weighted by atomic mass is 32.2. The molecule has 1 aliphatic rings. The number of hydrogen-bond donors (Lipinski definition) is 1.